The van der Waals surface area contributed by atoms with Gasteiger partial charge in [0.2, 0.25) is 5.91 Å². The Hall–Kier alpha value is -1.96. The molecule has 6 nitrogen and oxygen atoms in total. The molecule has 2 aromatic rings. The monoisotopic (exact) mass is 453 g/mol. The van der Waals surface area contributed by atoms with Crippen LogP contribution >= 0.6 is 11.3 Å². The van der Waals surface area contributed by atoms with Gasteiger partial charge >= 0.3 is 0 Å². The molecular formula is C25H31N3O3S. The number of fused-ring (bicyclic) bond motifs is 1. The van der Waals surface area contributed by atoms with E-state index in [2.05, 4.69) is 16.0 Å². The molecule has 0 spiro atoms. The molecule has 2 saturated heterocycles. The number of aliphatic hydroxyl groups is 1. The van der Waals surface area contributed by atoms with E-state index in [0.29, 0.717) is 25.9 Å². The van der Waals surface area contributed by atoms with Crippen LogP contribution in [0.4, 0.5) is 0 Å². The van der Waals surface area contributed by atoms with E-state index in [0.717, 1.165) is 49.5 Å². The number of thiazole rings is 1. The number of amides is 1. The molecule has 3 heterocycles. The maximum Gasteiger partial charge on any atom is 0.228 e. The molecule has 1 aromatic carbocycles. The number of piperidine rings is 1. The summed E-state index contributed by atoms with van der Waals surface area (Å²) in [7, 11) is 0. The molecular weight excluding hydrogens is 422 g/mol. The van der Waals surface area contributed by atoms with Crippen molar-refractivity contribution in [2.75, 3.05) is 26.2 Å². The normalized spacial score (nSPS) is 32.2. The molecule has 32 heavy (non-hydrogen) atoms. The first kappa shape index (κ1) is 20.6. The molecule has 0 radical (unpaired) electrons. The summed E-state index contributed by atoms with van der Waals surface area (Å²) in [5.41, 5.74) is 3.64. The SMILES string of the molecule is O=C(Cc1cscn1)N1CC[C@]23CCN(CC4CC4)[C@H](Cc4ccc(O)cc42)[C@]3(O)CC1. The lowest BCUT2D eigenvalue weighted by molar-refractivity contribution is -0.149. The van der Waals surface area contributed by atoms with Crippen molar-refractivity contribution in [1.82, 2.24) is 14.8 Å². The van der Waals surface area contributed by atoms with E-state index in [9.17, 15) is 15.0 Å². The minimum absolute atomic E-state index is 0.0717. The summed E-state index contributed by atoms with van der Waals surface area (Å²) in [5, 5.41) is 24.7. The van der Waals surface area contributed by atoms with Crippen LogP contribution in [0, 0.1) is 5.92 Å². The second kappa shape index (κ2) is 7.54. The molecule has 3 atom stereocenters. The number of phenolic OH excluding ortho intramolecular Hbond substituents is 1. The standard InChI is InChI=1S/C25H31N3O3S/c29-20-4-3-18-11-22-25(31)7-10-27(23(30)12-19-15-32-16-26-19)8-5-24(25,21(18)13-20)6-9-28(22)14-17-1-2-17/h3-4,13,15-17,22,29,31H,1-2,5-12,14H2/t22-,24+,25-/m1/s1. The minimum atomic E-state index is -0.892. The van der Waals surface area contributed by atoms with Crippen molar-refractivity contribution in [3.63, 3.8) is 0 Å². The first-order valence-electron chi connectivity index (χ1n) is 11.9. The van der Waals surface area contributed by atoms with Gasteiger partial charge in [-0.2, -0.15) is 0 Å². The van der Waals surface area contributed by atoms with Gasteiger partial charge in [-0.15, -0.1) is 11.3 Å². The highest BCUT2D eigenvalue weighted by atomic mass is 32.1. The Kier molecular flexibility index (Phi) is 4.86. The van der Waals surface area contributed by atoms with Crippen molar-refractivity contribution in [3.05, 3.63) is 45.9 Å². The smallest absolute Gasteiger partial charge is 0.228 e. The number of aromatic nitrogens is 1. The molecule has 7 heteroatoms. The first-order valence-corrected chi connectivity index (χ1v) is 12.9. The summed E-state index contributed by atoms with van der Waals surface area (Å²) >= 11 is 1.51. The van der Waals surface area contributed by atoms with Crippen LogP contribution in [-0.2, 0) is 23.1 Å². The van der Waals surface area contributed by atoms with Gasteiger partial charge in [-0.3, -0.25) is 9.69 Å². The van der Waals surface area contributed by atoms with E-state index < -0.39 is 11.0 Å². The summed E-state index contributed by atoms with van der Waals surface area (Å²) in [5.74, 6) is 1.13. The molecule has 2 bridgehead atoms. The molecule has 3 fully saturated rings. The molecule has 2 N–H and O–H groups in total. The summed E-state index contributed by atoms with van der Waals surface area (Å²) in [6, 6.07) is 5.79. The molecule has 1 amide bonds. The van der Waals surface area contributed by atoms with E-state index in [-0.39, 0.29) is 17.7 Å². The van der Waals surface area contributed by atoms with Gasteiger partial charge in [-0.1, -0.05) is 6.07 Å². The highest BCUT2D eigenvalue weighted by molar-refractivity contribution is 7.07. The van der Waals surface area contributed by atoms with Crippen molar-refractivity contribution in [2.45, 2.75) is 62.0 Å². The van der Waals surface area contributed by atoms with Gasteiger partial charge in [0.1, 0.15) is 5.75 Å². The number of hydrogen-bond acceptors (Lipinski definition) is 6. The predicted octanol–water partition coefficient (Wildman–Crippen LogP) is 2.72. The lowest BCUT2D eigenvalue weighted by Crippen LogP contribution is -2.71. The zero-order valence-electron chi connectivity index (χ0n) is 18.4. The Morgan fingerprint density at radius 1 is 1.19 bits per heavy atom. The third kappa shape index (κ3) is 3.20. The van der Waals surface area contributed by atoms with Crippen molar-refractivity contribution >= 4 is 17.2 Å². The molecule has 1 aromatic heterocycles. The van der Waals surface area contributed by atoms with Gasteiger partial charge in [0.15, 0.2) is 0 Å². The molecule has 1 saturated carbocycles. The maximum absolute atomic E-state index is 13.1. The number of nitrogens with zero attached hydrogens (tertiary/aromatic N) is 3. The minimum Gasteiger partial charge on any atom is -0.508 e. The average Bonchev–Trinajstić information content (AvgIpc) is 3.48. The van der Waals surface area contributed by atoms with Crippen molar-refractivity contribution < 1.29 is 15.0 Å². The van der Waals surface area contributed by atoms with E-state index >= 15 is 0 Å². The highest BCUT2D eigenvalue weighted by Gasteiger charge is 2.63. The Balaban J connectivity index is 1.36. The van der Waals surface area contributed by atoms with Gasteiger partial charge in [0.25, 0.3) is 0 Å². The molecule has 2 aliphatic carbocycles. The van der Waals surface area contributed by atoms with Gasteiger partial charge in [-0.25, -0.2) is 4.98 Å². The highest BCUT2D eigenvalue weighted by Crippen LogP contribution is 2.56. The Morgan fingerprint density at radius 2 is 2.00 bits per heavy atom. The summed E-state index contributed by atoms with van der Waals surface area (Å²) < 4.78 is 0. The number of rotatable bonds is 4. The number of phenols is 1. The number of hydrogen-bond donors (Lipinski definition) is 2. The molecule has 4 aliphatic rings. The summed E-state index contributed by atoms with van der Waals surface area (Å²) in [4.78, 5) is 21.9. The number of carbonyl (C=O) groups is 1. The van der Waals surface area contributed by atoms with E-state index in [1.807, 2.05) is 16.3 Å². The van der Waals surface area contributed by atoms with Crippen LogP contribution in [0.15, 0.2) is 29.1 Å². The van der Waals surface area contributed by atoms with Crippen LogP contribution in [0.2, 0.25) is 0 Å². The second-order valence-corrected chi connectivity index (χ2v) is 11.0. The molecule has 2 aliphatic heterocycles. The topological polar surface area (TPSA) is 76.9 Å². The Labute approximate surface area is 192 Å². The molecule has 170 valence electrons. The number of likely N-dealkylation sites (tertiary alicyclic amines) is 2. The maximum atomic E-state index is 13.1. The number of benzene rings is 1. The molecule has 6 rings (SSSR count). The molecule has 0 unspecified atom stereocenters. The Bertz CT molecular complexity index is 1020. The lowest BCUT2D eigenvalue weighted by Gasteiger charge is -2.61. The quantitative estimate of drug-likeness (QED) is 0.745. The van der Waals surface area contributed by atoms with Crippen LogP contribution in [0.1, 0.15) is 48.9 Å². The average molecular weight is 454 g/mol. The Morgan fingerprint density at radius 3 is 2.78 bits per heavy atom. The van der Waals surface area contributed by atoms with E-state index in [4.69, 9.17) is 0 Å². The fourth-order valence-corrected chi connectivity index (χ4v) is 7.26. The third-order valence-electron chi connectivity index (χ3n) is 8.60. The lowest BCUT2D eigenvalue weighted by atomic mass is 9.52. The van der Waals surface area contributed by atoms with E-state index in [1.54, 1.807) is 11.6 Å². The van der Waals surface area contributed by atoms with E-state index in [1.165, 1.54) is 29.7 Å². The fraction of sp³-hybridized carbons (Fsp3) is 0.600. The van der Waals surface area contributed by atoms with Crippen LogP contribution in [0.5, 0.6) is 5.75 Å². The fourth-order valence-electron chi connectivity index (χ4n) is 6.71. The van der Waals surface area contributed by atoms with Gasteiger partial charge in [-0.05, 0) is 74.2 Å². The van der Waals surface area contributed by atoms with Crippen LogP contribution in [0.25, 0.3) is 0 Å². The van der Waals surface area contributed by atoms with Gasteiger partial charge in [0.05, 0.1) is 23.2 Å². The van der Waals surface area contributed by atoms with Crippen LogP contribution in [0.3, 0.4) is 0 Å². The third-order valence-corrected chi connectivity index (χ3v) is 9.23. The van der Waals surface area contributed by atoms with Crippen molar-refractivity contribution in [2.24, 2.45) is 5.92 Å². The zero-order chi connectivity index (χ0) is 21.9. The van der Waals surface area contributed by atoms with Crippen LogP contribution in [-0.4, -0.2) is 68.7 Å². The predicted molar refractivity (Wildman–Crippen MR) is 123 cm³/mol. The summed E-state index contributed by atoms with van der Waals surface area (Å²) in [6.07, 6.45) is 5.92. The largest absolute Gasteiger partial charge is 0.508 e. The second-order valence-electron chi connectivity index (χ2n) is 10.3. The summed E-state index contributed by atoms with van der Waals surface area (Å²) in [6.45, 7) is 3.26. The number of aromatic hydroxyl groups is 1. The first-order chi connectivity index (χ1) is 15.5. The number of carbonyl (C=O) groups excluding carboxylic acids is 1. The van der Waals surface area contributed by atoms with Crippen molar-refractivity contribution in [3.8, 4) is 5.75 Å². The van der Waals surface area contributed by atoms with Gasteiger partial charge in [0, 0.05) is 36.5 Å². The van der Waals surface area contributed by atoms with Crippen LogP contribution < -0.4 is 0 Å². The van der Waals surface area contributed by atoms with Crippen molar-refractivity contribution in [1.29, 1.82) is 0 Å². The van der Waals surface area contributed by atoms with Gasteiger partial charge < -0.3 is 15.1 Å². The zero-order valence-corrected chi connectivity index (χ0v) is 19.2.